The van der Waals surface area contributed by atoms with E-state index in [2.05, 4.69) is 6.92 Å². The highest BCUT2D eigenvalue weighted by atomic mass is 35.5. The van der Waals surface area contributed by atoms with Crippen LogP contribution in [0.5, 0.6) is 0 Å². The average molecular weight is 405 g/mol. The van der Waals surface area contributed by atoms with Crippen LogP contribution in [0.2, 0.25) is 5.02 Å². The van der Waals surface area contributed by atoms with Crippen molar-refractivity contribution in [1.29, 1.82) is 0 Å². The van der Waals surface area contributed by atoms with E-state index in [0.717, 1.165) is 17.8 Å². The molecule has 2 aliphatic carbocycles. The van der Waals surface area contributed by atoms with Crippen LogP contribution >= 0.6 is 11.6 Å². The van der Waals surface area contributed by atoms with Gasteiger partial charge in [0, 0.05) is 5.39 Å². The Morgan fingerprint density at radius 2 is 1.54 bits per heavy atom. The van der Waals surface area contributed by atoms with Crippen LogP contribution in [0.25, 0.3) is 10.8 Å². The Morgan fingerprint density at radius 3 is 2.18 bits per heavy atom. The lowest BCUT2D eigenvalue weighted by Gasteiger charge is -2.38. The summed E-state index contributed by atoms with van der Waals surface area (Å²) in [6.07, 6.45) is 13.5. The van der Waals surface area contributed by atoms with Gasteiger partial charge >= 0.3 is 0 Å². The van der Waals surface area contributed by atoms with Crippen molar-refractivity contribution in [3.8, 4) is 0 Å². The second-order valence-corrected chi connectivity index (χ2v) is 9.53. The Kier molecular flexibility index (Phi) is 6.25. The summed E-state index contributed by atoms with van der Waals surface area (Å²) in [6.45, 7) is 2.30. The molecule has 0 nitrogen and oxygen atoms in total. The smallest absolute Gasteiger partial charge is 0.152 e. The molecule has 2 aromatic rings. The predicted molar refractivity (Wildman–Crippen MR) is 114 cm³/mol. The lowest BCUT2D eigenvalue weighted by atomic mass is 9.68. The first kappa shape index (κ1) is 20.1. The van der Waals surface area contributed by atoms with Gasteiger partial charge in [0.1, 0.15) is 10.8 Å². The fourth-order valence-electron chi connectivity index (χ4n) is 5.86. The topological polar surface area (TPSA) is 0 Å². The Hall–Kier alpha value is -1.15. The zero-order chi connectivity index (χ0) is 19.7. The molecule has 0 saturated heterocycles. The molecule has 0 spiro atoms. The largest absolute Gasteiger partial charge is 0.205 e. The summed E-state index contributed by atoms with van der Waals surface area (Å²) in [5.74, 6) is 1.98. The number of halogens is 3. The molecule has 2 fully saturated rings. The quantitative estimate of drug-likeness (QED) is 0.447. The first-order chi connectivity index (χ1) is 13.6. The number of rotatable bonds is 4. The van der Waals surface area contributed by atoms with Crippen LogP contribution in [0.1, 0.15) is 82.6 Å². The van der Waals surface area contributed by atoms with Gasteiger partial charge in [0.25, 0.3) is 0 Å². The molecule has 0 heterocycles. The third-order valence-electron chi connectivity index (χ3n) is 7.49. The molecule has 0 aliphatic heterocycles. The molecule has 0 unspecified atom stereocenters. The lowest BCUT2D eigenvalue weighted by molar-refractivity contribution is 0.156. The second kappa shape index (κ2) is 8.69. The molecular weight excluding hydrogens is 374 g/mol. The fraction of sp³-hybridized carbons (Fsp3) is 0.600. The molecule has 0 aromatic heterocycles. The molecule has 4 rings (SSSR count). The van der Waals surface area contributed by atoms with Gasteiger partial charge in [0.2, 0.25) is 0 Å². The lowest BCUT2D eigenvalue weighted by Crippen LogP contribution is -2.25. The van der Waals surface area contributed by atoms with Crippen molar-refractivity contribution >= 4 is 22.4 Å². The van der Waals surface area contributed by atoms with E-state index in [1.807, 2.05) is 12.1 Å². The summed E-state index contributed by atoms with van der Waals surface area (Å²) < 4.78 is 28.0. The molecule has 2 aliphatic rings. The third kappa shape index (κ3) is 4.08. The zero-order valence-corrected chi connectivity index (χ0v) is 17.6. The Bertz CT molecular complexity index is 815. The average Bonchev–Trinajstić information content (AvgIpc) is 2.73. The van der Waals surface area contributed by atoms with Crippen LogP contribution in [-0.4, -0.2) is 0 Å². The summed E-state index contributed by atoms with van der Waals surface area (Å²) in [5.41, 5.74) is 1.22. The van der Waals surface area contributed by atoms with Gasteiger partial charge in [-0.1, -0.05) is 62.4 Å². The van der Waals surface area contributed by atoms with Crippen LogP contribution in [0.15, 0.2) is 24.3 Å². The van der Waals surface area contributed by atoms with E-state index in [1.54, 1.807) is 6.07 Å². The maximum absolute atomic E-state index is 14.2. The van der Waals surface area contributed by atoms with E-state index in [4.69, 9.17) is 11.6 Å². The molecule has 152 valence electrons. The Labute approximate surface area is 172 Å². The van der Waals surface area contributed by atoms with Crippen molar-refractivity contribution in [2.45, 2.75) is 77.0 Å². The summed E-state index contributed by atoms with van der Waals surface area (Å²) in [5, 5.41) is 0.621. The minimum atomic E-state index is -0.675. The normalized spacial score (nSPS) is 28.6. The van der Waals surface area contributed by atoms with Crippen LogP contribution in [-0.2, 0) is 0 Å². The van der Waals surface area contributed by atoms with Crippen molar-refractivity contribution in [3.63, 3.8) is 0 Å². The van der Waals surface area contributed by atoms with E-state index < -0.39 is 16.7 Å². The molecule has 2 saturated carbocycles. The number of hydrogen-bond acceptors (Lipinski definition) is 0. The van der Waals surface area contributed by atoms with Crippen molar-refractivity contribution in [2.75, 3.05) is 0 Å². The predicted octanol–water partition coefficient (Wildman–Crippen LogP) is 8.65. The van der Waals surface area contributed by atoms with Crippen molar-refractivity contribution < 1.29 is 8.78 Å². The molecule has 28 heavy (non-hydrogen) atoms. The SMILES string of the molecule is CCCC1CCC(C2CCC(c3ccc4c(F)c(Cl)c(F)cc4c3)CC2)CC1. The van der Waals surface area contributed by atoms with E-state index in [9.17, 15) is 8.78 Å². The van der Waals surface area contributed by atoms with Crippen LogP contribution in [0.4, 0.5) is 8.78 Å². The highest BCUT2D eigenvalue weighted by Crippen LogP contribution is 2.45. The number of benzene rings is 2. The van der Waals surface area contributed by atoms with Gasteiger partial charge in [0.15, 0.2) is 5.82 Å². The highest BCUT2D eigenvalue weighted by Gasteiger charge is 2.31. The van der Waals surface area contributed by atoms with Gasteiger partial charge in [-0.2, -0.15) is 0 Å². The Morgan fingerprint density at radius 1 is 0.893 bits per heavy atom. The van der Waals surface area contributed by atoms with Crippen LogP contribution in [0.3, 0.4) is 0 Å². The van der Waals surface area contributed by atoms with Gasteiger partial charge in [-0.25, -0.2) is 8.78 Å². The summed E-state index contributed by atoms with van der Waals surface area (Å²) in [4.78, 5) is 0. The molecule has 3 heteroatoms. The van der Waals surface area contributed by atoms with Crippen molar-refractivity contribution in [3.05, 3.63) is 46.5 Å². The zero-order valence-electron chi connectivity index (χ0n) is 16.8. The maximum atomic E-state index is 14.2. The minimum Gasteiger partial charge on any atom is -0.205 e. The molecule has 0 atom stereocenters. The van der Waals surface area contributed by atoms with Gasteiger partial charge in [-0.05, 0) is 79.2 Å². The van der Waals surface area contributed by atoms with E-state index in [0.29, 0.717) is 16.7 Å². The van der Waals surface area contributed by atoms with E-state index in [-0.39, 0.29) is 0 Å². The number of hydrogen-bond donors (Lipinski definition) is 0. The molecule has 0 N–H and O–H groups in total. The molecular formula is C25H31ClF2. The Balaban J connectivity index is 1.39. The van der Waals surface area contributed by atoms with E-state index >= 15 is 0 Å². The molecule has 2 aromatic carbocycles. The summed E-state index contributed by atoms with van der Waals surface area (Å²) in [7, 11) is 0. The highest BCUT2D eigenvalue weighted by molar-refractivity contribution is 6.31. The summed E-state index contributed by atoms with van der Waals surface area (Å²) in [6, 6.07) is 7.12. The standard InChI is InChI=1S/C25H31ClF2/c1-2-3-16-4-6-17(7-5-16)18-8-10-19(11-9-18)20-12-13-22-21(14-20)15-23(27)24(26)25(22)28/h12-19H,2-11H2,1H3. The van der Waals surface area contributed by atoms with Gasteiger partial charge in [-0.3, -0.25) is 0 Å². The van der Waals surface area contributed by atoms with Crippen molar-refractivity contribution in [1.82, 2.24) is 0 Å². The van der Waals surface area contributed by atoms with Crippen molar-refractivity contribution in [2.24, 2.45) is 17.8 Å². The number of fused-ring (bicyclic) bond motifs is 1. The van der Waals surface area contributed by atoms with Gasteiger partial charge in [0.05, 0.1) is 0 Å². The molecule has 0 bridgehead atoms. The van der Waals surface area contributed by atoms with Crippen LogP contribution < -0.4 is 0 Å². The van der Waals surface area contributed by atoms with E-state index in [1.165, 1.54) is 75.8 Å². The minimum absolute atomic E-state index is 0.408. The fourth-order valence-corrected chi connectivity index (χ4v) is 6.01. The van der Waals surface area contributed by atoms with Gasteiger partial charge in [-0.15, -0.1) is 0 Å². The summed E-state index contributed by atoms with van der Waals surface area (Å²) >= 11 is 5.71. The first-order valence-electron chi connectivity index (χ1n) is 11.1. The van der Waals surface area contributed by atoms with Crippen LogP contribution in [0, 0.1) is 29.4 Å². The monoisotopic (exact) mass is 404 g/mol. The van der Waals surface area contributed by atoms with Gasteiger partial charge < -0.3 is 0 Å². The molecule has 0 radical (unpaired) electrons. The first-order valence-corrected chi connectivity index (χ1v) is 11.5. The second-order valence-electron chi connectivity index (χ2n) is 9.15. The third-order valence-corrected chi connectivity index (χ3v) is 7.84. The maximum Gasteiger partial charge on any atom is 0.152 e. The molecule has 0 amide bonds.